The maximum absolute atomic E-state index is 4.75. The highest BCUT2D eigenvalue weighted by atomic mass is 15.2. The summed E-state index contributed by atoms with van der Waals surface area (Å²) in [7, 11) is 0. The zero-order valence-corrected chi connectivity index (χ0v) is 19.7. The van der Waals surface area contributed by atoms with Gasteiger partial charge >= 0.3 is 0 Å². The van der Waals surface area contributed by atoms with Gasteiger partial charge in [-0.3, -0.25) is 0 Å². The average molecular weight is 477 g/mol. The molecule has 0 atom stereocenters. The monoisotopic (exact) mass is 476 g/mol. The highest BCUT2D eigenvalue weighted by Crippen LogP contribution is 2.24. The summed E-state index contributed by atoms with van der Waals surface area (Å²) < 4.78 is 2.21. The van der Waals surface area contributed by atoms with Gasteiger partial charge in [0, 0.05) is 48.6 Å². The second kappa shape index (κ2) is 9.51. The number of hydrogen-bond donors (Lipinski definition) is 3. The van der Waals surface area contributed by atoms with E-state index in [4.69, 9.17) is 4.98 Å². The zero-order valence-electron chi connectivity index (χ0n) is 19.7. The molecular formula is C26H24N10. The number of rotatable bonds is 6. The Morgan fingerprint density at radius 3 is 2.47 bits per heavy atom. The van der Waals surface area contributed by atoms with Gasteiger partial charge in [0.1, 0.15) is 23.2 Å². The van der Waals surface area contributed by atoms with E-state index in [0.717, 1.165) is 53.8 Å². The Balaban J connectivity index is 1.15. The van der Waals surface area contributed by atoms with Gasteiger partial charge in [-0.05, 0) is 43.3 Å². The second-order valence-electron chi connectivity index (χ2n) is 8.44. The molecule has 0 bridgehead atoms. The molecule has 1 aliphatic heterocycles. The first-order valence-corrected chi connectivity index (χ1v) is 11.7. The van der Waals surface area contributed by atoms with Crippen LogP contribution in [0.4, 0.5) is 23.3 Å². The molecule has 10 heteroatoms. The van der Waals surface area contributed by atoms with Crippen LogP contribution < -0.4 is 16.0 Å². The van der Waals surface area contributed by atoms with Crippen LogP contribution in [0.15, 0.2) is 73.2 Å². The molecule has 0 unspecified atom stereocenters. The third kappa shape index (κ3) is 4.75. The number of nitrogens with one attached hydrogen (secondary N) is 3. The molecule has 0 saturated heterocycles. The molecule has 1 aromatic carbocycles. The summed E-state index contributed by atoms with van der Waals surface area (Å²) in [5.74, 6) is 3.33. The number of pyridine rings is 1. The topological polar surface area (TPSA) is 118 Å². The molecule has 0 aliphatic carbocycles. The highest BCUT2D eigenvalue weighted by molar-refractivity contribution is 5.65. The van der Waals surface area contributed by atoms with Crippen molar-refractivity contribution in [2.45, 2.75) is 20.0 Å². The van der Waals surface area contributed by atoms with Gasteiger partial charge in [0.15, 0.2) is 5.82 Å². The Kier molecular flexibility index (Phi) is 5.76. The Labute approximate surface area is 208 Å². The SMILES string of the molecule is Cc1cccc(-c2nccc(Nc3ccnc(Nc4ccc(-c5cn6c(n5)CNCC6)cc4)n3)n2)n1. The van der Waals surface area contributed by atoms with E-state index in [1.807, 2.05) is 49.4 Å². The van der Waals surface area contributed by atoms with Gasteiger partial charge in [-0.1, -0.05) is 18.2 Å². The fourth-order valence-electron chi connectivity index (χ4n) is 4.02. The lowest BCUT2D eigenvalue weighted by Gasteiger charge is -2.13. The zero-order chi connectivity index (χ0) is 24.3. The number of anilines is 4. The van der Waals surface area contributed by atoms with Crippen LogP contribution in [0.1, 0.15) is 11.5 Å². The van der Waals surface area contributed by atoms with E-state index in [1.54, 1.807) is 24.5 Å². The third-order valence-corrected chi connectivity index (χ3v) is 5.79. The Morgan fingerprint density at radius 2 is 1.64 bits per heavy atom. The molecule has 0 radical (unpaired) electrons. The van der Waals surface area contributed by atoms with Crippen molar-refractivity contribution < 1.29 is 0 Å². The van der Waals surface area contributed by atoms with Crippen LogP contribution in [-0.2, 0) is 13.1 Å². The maximum atomic E-state index is 4.75. The summed E-state index contributed by atoms with van der Waals surface area (Å²) in [6.45, 7) is 4.67. The van der Waals surface area contributed by atoms with Gasteiger partial charge in [0.05, 0.1) is 12.2 Å². The summed E-state index contributed by atoms with van der Waals surface area (Å²) >= 11 is 0. The van der Waals surface area contributed by atoms with Crippen molar-refractivity contribution in [1.29, 1.82) is 0 Å². The lowest BCUT2D eigenvalue weighted by molar-refractivity contribution is 0.505. The van der Waals surface area contributed by atoms with E-state index in [1.165, 1.54) is 0 Å². The fraction of sp³-hybridized carbons (Fsp3) is 0.154. The van der Waals surface area contributed by atoms with E-state index >= 15 is 0 Å². The van der Waals surface area contributed by atoms with Gasteiger partial charge in [0.2, 0.25) is 5.95 Å². The van der Waals surface area contributed by atoms with Crippen LogP contribution in [-0.4, -0.2) is 41.0 Å². The van der Waals surface area contributed by atoms with Crippen molar-refractivity contribution in [3.8, 4) is 22.8 Å². The van der Waals surface area contributed by atoms with Crippen LogP contribution in [0.3, 0.4) is 0 Å². The molecule has 4 aromatic heterocycles. The number of aryl methyl sites for hydroxylation is 1. The van der Waals surface area contributed by atoms with E-state index in [9.17, 15) is 0 Å². The van der Waals surface area contributed by atoms with Crippen molar-refractivity contribution in [1.82, 2.24) is 39.8 Å². The summed E-state index contributed by atoms with van der Waals surface area (Å²) in [4.78, 5) is 27.1. The molecule has 1 aliphatic rings. The number of benzene rings is 1. The van der Waals surface area contributed by atoms with E-state index < -0.39 is 0 Å². The van der Waals surface area contributed by atoms with Crippen LogP contribution in [0.5, 0.6) is 0 Å². The minimum atomic E-state index is 0.478. The standard InChI is InChI=1S/C26H24N10/c1-17-3-2-4-20(30-17)25-28-11-9-22(34-25)33-23-10-12-29-26(35-23)31-19-7-5-18(6-8-19)21-16-36-14-13-27-15-24(36)32-21/h2-12,16,27H,13-15H2,1H3,(H2,28,29,31,33,34,35). The second-order valence-corrected chi connectivity index (χ2v) is 8.44. The van der Waals surface area contributed by atoms with Gasteiger partial charge in [0.25, 0.3) is 0 Å². The Bertz CT molecular complexity index is 1490. The first-order valence-electron chi connectivity index (χ1n) is 11.7. The van der Waals surface area contributed by atoms with E-state index in [0.29, 0.717) is 23.4 Å². The lowest BCUT2D eigenvalue weighted by Crippen LogP contribution is -2.27. The fourth-order valence-corrected chi connectivity index (χ4v) is 4.02. The number of nitrogens with zero attached hydrogens (tertiary/aromatic N) is 7. The predicted octanol–water partition coefficient (Wildman–Crippen LogP) is 4.09. The number of imidazole rings is 1. The maximum Gasteiger partial charge on any atom is 0.229 e. The van der Waals surface area contributed by atoms with Crippen LogP contribution >= 0.6 is 0 Å². The molecule has 0 amide bonds. The van der Waals surface area contributed by atoms with Crippen molar-refractivity contribution in [2.75, 3.05) is 17.2 Å². The Morgan fingerprint density at radius 1 is 0.806 bits per heavy atom. The molecule has 5 aromatic rings. The molecule has 6 rings (SSSR count). The normalized spacial score (nSPS) is 12.7. The summed E-state index contributed by atoms with van der Waals surface area (Å²) in [5, 5.41) is 9.84. The average Bonchev–Trinajstić information content (AvgIpc) is 3.34. The molecule has 0 saturated carbocycles. The summed E-state index contributed by atoms with van der Waals surface area (Å²) in [5.41, 5.74) is 4.57. The van der Waals surface area contributed by atoms with Crippen LogP contribution in [0.2, 0.25) is 0 Å². The van der Waals surface area contributed by atoms with Gasteiger partial charge in [-0.15, -0.1) is 0 Å². The first-order chi connectivity index (χ1) is 17.7. The van der Waals surface area contributed by atoms with Gasteiger partial charge < -0.3 is 20.5 Å². The first kappa shape index (κ1) is 21.8. The molecule has 3 N–H and O–H groups in total. The highest BCUT2D eigenvalue weighted by Gasteiger charge is 2.13. The van der Waals surface area contributed by atoms with Gasteiger partial charge in [-0.25, -0.2) is 24.9 Å². The minimum absolute atomic E-state index is 0.478. The minimum Gasteiger partial charge on any atom is -0.332 e. The largest absolute Gasteiger partial charge is 0.332 e. The number of hydrogen-bond acceptors (Lipinski definition) is 9. The van der Waals surface area contributed by atoms with Gasteiger partial charge in [-0.2, -0.15) is 4.98 Å². The number of aromatic nitrogens is 7. The molecule has 36 heavy (non-hydrogen) atoms. The molecule has 0 fully saturated rings. The van der Waals surface area contributed by atoms with Crippen molar-refractivity contribution in [3.05, 3.63) is 84.7 Å². The molecule has 10 nitrogen and oxygen atoms in total. The molecule has 5 heterocycles. The van der Waals surface area contributed by atoms with Crippen LogP contribution in [0, 0.1) is 6.92 Å². The predicted molar refractivity (Wildman–Crippen MR) is 138 cm³/mol. The summed E-state index contributed by atoms with van der Waals surface area (Å²) in [6.07, 6.45) is 5.51. The van der Waals surface area contributed by atoms with E-state index in [-0.39, 0.29) is 0 Å². The summed E-state index contributed by atoms with van der Waals surface area (Å²) in [6, 6.07) is 17.5. The third-order valence-electron chi connectivity index (χ3n) is 5.79. The van der Waals surface area contributed by atoms with Crippen molar-refractivity contribution in [2.24, 2.45) is 0 Å². The lowest BCUT2D eigenvalue weighted by atomic mass is 10.1. The smallest absolute Gasteiger partial charge is 0.229 e. The van der Waals surface area contributed by atoms with Crippen LogP contribution in [0.25, 0.3) is 22.8 Å². The Hall–Kier alpha value is -4.70. The van der Waals surface area contributed by atoms with Crippen molar-refractivity contribution >= 4 is 23.3 Å². The molecule has 178 valence electrons. The number of fused-ring (bicyclic) bond motifs is 1. The molecular weight excluding hydrogens is 452 g/mol. The molecule has 0 spiro atoms. The quantitative estimate of drug-likeness (QED) is 0.333. The van der Waals surface area contributed by atoms with E-state index in [2.05, 4.69) is 51.6 Å². The van der Waals surface area contributed by atoms with Crippen molar-refractivity contribution in [3.63, 3.8) is 0 Å².